The summed E-state index contributed by atoms with van der Waals surface area (Å²) in [7, 11) is -4.62. The highest BCUT2D eigenvalue weighted by Crippen LogP contribution is 2.42. The maximum atomic E-state index is 14.4. The third-order valence-corrected chi connectivity index (χ3v) is 12.4. The van der Waals surface area contributed by atoms with Crippen LogP contribution in [0.5, 0.6) is 0 Å². The molecule has 0 aliphatic carbocycles. The van der Waals surface area contributed by atoms with E-state index in [0.717, 1.165) is 29.8 Å². The Kier molecular flexibility index (Phi) is 9.67. The van der Waals surface area contributed by atoms with Crippen molar-refractivity contribution in [1.82, 2.24) is 4.90 Å². The van der Waals surface area contributed by atoms with Gasteiger partial charge in [0.1, 0.15) is 17.5 Å². The summed E-state index contributed by atoms with van der Waals surface area (Å²) in [6.45, 7) is -0.0430. The highest BCUT2D eigenvalue weighted by atomic mass is 79.9. The number of nitrogens with zero attached hydrogens (tertiary/aromatic N) is 1. The van der Waals surface area contributed by atoms with Crippen LogP contribution in [-0.2, 0) is 33.0 Å². The first-order chi connectivity index (χ1) is 21.2. The van der Waals surface area contributed by atoms with Crippen molar-refractivity contribution in [3.63, 3.8) is 0 Å². The third kappa shape index (κ3) is 6.92. The maximum Gasteiger partial charge on any atom is 0.417 e. The second-order valence-corrected chi connectivity index (χ2v) is 15.5. The third-order valence-electron chi connectivity index (χ3n) is 8.21. The summed E-state index contributed by atoms with van der Waals surface area (Å²) in [6, 6.07) is 21.2. The Balaban J connectivity index is 1.47. The van der Waals surface area contributed by atoms with E-state index in [-0.39, 0.29) is 21.5 Å². The Morgan fingerprint density at radius 1 is 0.844 bits per heavy atom. The molecule has 0 saturated carbocycles. The van der Waals surface area contributed by atoms with Gasteiger partial charge in [-0.3, -0.25) is 4.90 Å². The minimum Gasteiger partial charge on any atom is -0.361 e. The lowest BCUT2D eigenvalue weighted by molar-refractivity contribution is -0.251. The molecule has 3 atom stereocenters. The first-order valence-electron chi connectivity index (χ1n) is 13.9. The summed E-state index contributed by atoms with van der Waals surface area (Å²) in [6.07, 6.45) is -4.90. The van der Waals surface area contributed by atoms with Crippen LogP contribution in [0, 0.1) is 17.5 Å². The first kappa shape index (κ1) is 33.4. The Morgan fingerprint density at radius 3 is 2.09 bits per heavy atom. The molecule has 1 heterocycles. The van der Waals surface area contributed by atoms with Crippen molar-refractivity contribution in [1.29, 1.82) is 0 Å². The minimum absolute atomic E-state index is 0.00511. The van der Waals surface area contributed by atoms with Gasteiger partial charge in [0.25, 0.3) is 0 Å². The fourth-order valence-corrected chi connectivity index (χ4v) is 8.53. The van der Waals surface area contributed by atoms with Gasteiger partial charge in [0.2, 0.25) is 0 Å². The van der Waals surface area contributed by atoms with Gasteiger partial charge in [-0.15, -0.1) is 0 Å². The van der Waals surface area contributed by atoms with Crippen molar-refractivity contribution >= 4 is 36.0 Å². The van der Waals surface area contributed by atoms with Crippen LogP contribution < -0.4 is 0 Å². The molecule has 1 aliphatic heterocycles. The van der Waals surface area contributed by atoms with Crippen molar-refractivity contribution in [2.24, 2.45) is 0 Å². The second kappa shape index (κ2) is 13.0. The van der Waals surface area contributed by atoms with Gasteiger partial charge < -0.3 is 4.74 Å². The number of rotatable bonds is 9. The van der Waals surface area contributed by atoms with Crippen LogP contribution >= 0.6 is 15.9 Å². The molecule has 0 N–H and O–H groups in total. The Morgan fingerprint density at radius 2 is 1.49 bits per heavy atom. The molecule has 45 heavy (non-hydrogen) atoms. The number of hydrogen-bond acceptors (Lipinski definition) is 4. The largest absolute Gasteiger partial charge is 0.417 e. The fourth-order valence-electron chi connectivity index (χ4n) is 5.55. The second-order valence-electron chi connectivity index (χ2n) is 11.1. The molecule has 1 aliphatic rings. The summed E-state index contributed by atoms with van der Waals surface area (Å²) in [5, 5.41) is -3.77. The van der Waals surface area contributed by atoms with Crippen LogP contribution in [0.1, 0.15) is 28.2 Å². The number of hydrogen-bond donors (Lipinski definition) is 0. The number of alkyl halides is 3. The molecule has 0 amide bonds. The number of sulfone groups is 1. The number of benzene rings is 4. The Hall–Kier alpha value is -2.97. The molecule has 0 spiro atoms. The average Bonchev–Trinajstić information content (AvgIpc) is 3.43. The van der Waals surface area contributed by atoms with Crippen LogP contribution in [0.2, 0.25) is 0 Å². The Bertz CT molecular complexity index is 1760. The molecule has 0 aromatic heterocycles. The maximum absolute atomic E-state index is 14.4. The quantitative estimate of drug-likeness (QED) is 0.111. The summed E-state index contributed by atoms with van der Waals surface area (Å²) < 4.78 is 119. The summed E-state index contributed by atoms with van der Waals surface area (Å²) in [5.41, 5.74) is 0.589. The fraction of sp³-hybridized carbons (Fsp3) is 0.250. The van der Waals surface area contributed by atoms with Crippen LogP contribution in [0.4, 0.5) is 26.3 Å². The van der Waals surface area contributed by atoms with E-state index >= 15 is 0 Å². The molecule has 1 saturated heterocycles. The minimum atomic E-state index is -4.90. The first-order valence-corrected chi connectivity index (χ1v) is 17.2. The van der Waals surface area contributed by atoms with Crippen molar-refractivity contribution in [2.75, 3.05) is 13.1 Å². The van der Waals surface area contributed by atoms with Crippen LogP contribution in [0.25, 0.3) is 0 Å². The molecule has 238 valence electrons. The van der Waals surface area contributed by atoms with E-state index in [1.807, 2.05) is 35.2 Å². The van der Waals surface area contributed by atoms with Crippen LogP contribution in [0.3, 0.4) is 0 Å². The highest BCUT2D eigenvalue weighted by molar-refractivity contribution is 9.10. The molecule has 1 fully saturated rings. The van der Waals surface area contributed by atoms with E-state index in [2.05, 4.69) is 15.9 Å². The summed E-state index contributed by atoms with van der Waals surface area (Å²) in [4.78, 5) is 1.89. The zero-order valence-electron chi connectivity index (χ0n) is 23.9. The predicted octanol–water partition coefficient (Wildman–Crippen LogP) is 6.61. The van der Waals surface area contributed by atoms with E-state index in [9.17, 15) is 34.8 Å². The van der Waals surface area contributed by atoms with E-state index in [1.54, 1.807) is 0 Å². The molecule has 0 unspecified atom stereocenters. The predicted molar refractivity (Wildman–Crippen MR) is 165 cm³/mol. The Labute approximate surface area is 268 Å². The zero-order valence-corrected chi connectivity index (χ0v) is 28.3. The van der Waals surface area contributed by atoms with Gasteiger partial charge in [0, 0.05) is 31.1 Å². The molecule has 5 rings (SSSR count). The van der Waals surface area contributed by atoms with Gasteiger partial charge in [-0.2, -0.15) is 13.2 Å². The van der Waals surface area contributed by atoms with Crippen molar-refractivity contribution < 1.29 is 39.5 Å². The van der Waals surface area contributed by atoms with Crippen LogP contribution in [-0.4, -0.2) is 48.1 Å². The summed E-state index contributed by atoms with van der Waals surface area (Å²) in [5.74, 6) is -3.27. The lowest BCUT2D eigenvalue weighted by atomic mass is 9.95. The van der Waals surface area contributed by atoms with E-state index < -0.39 is 72.3 Å². The van der Waals surface area contributed by atoms with Crippen molar-refractivity contribution in [2.45, 2.75) is 40.6 Å². The van der Waals surface area contributed by atoms with Gasteiger partial charge in [0.15, 0.2) is 15.1 Å². The monoisotopic (exact) mass is 727 g/mol. The smallest absolute Gasteiger partial charge is 0.361 e. The standard InChI is InChI=1S/C32H28BrF6NO3SSi/c33-26-15-23(13-14-29(26)36)44(41,42)30-18-40(16-20-5-2-1-3-6-20)17-24(30)21-9-11-22(12-10-21)31(45,32(37,38)39)43-19-25-27(34)7-4-8-28(25)35/h1-15,24,30H,16-19H2,45H3/t24-,30+,31-/m1/s1. The molecule has 4 aromatic carbocycles. The summed E-state index contributed by atoms with van der Waals surface area (Å²) >= 11 is 3.05. The van der Waals surface area contributed by atoms with Gasteiger partial charge in [-0.25, -0.2) is 21.6 Å². The molecule has 4 aromatic rings. The number of halogens is 7. The van der Waals surface area contributed by atoms with E-state index in [0.29, 0.717) is 18.7 Å². The molecular weight excluding hydrogens is 700 g/mol. The lowest BCUT2D eigenvalue weighted by Crippen LogP contribution is -2.45. The number of likely N-dealkylation sites (tertiary alicyclic amines) is 1. The normalized spacial score (nSPS) is 19.1. The van der Waals surface area contributed by atoms with Crippen molar-refractivity contribution in [3.8, 4) is 0 Å². The molecule has 0 bridgehead atoms. The van der Waals surface area contributed by atoms with Gasteiger partial charge in [-0.1, -0.05) is 60.7 Å². The highest BCUT2D eigenvalue weighted by Gasteiger charge is 2.53. The topological polar surface area (TPSA) is 46.6 Å². The molecular formula is C32H28BrF6NO3SSi. The molecule has 13 heteroatoms. The molecule has 4 nitrogen and oxygen atoms in total. The number of ether oxygens (including phenoxy) is 1. The van der Waals surface area contributed by atoms with E-state index in [4.69, 9.17) is 4.74 Å². The SMILES string of the molecule is O=S(=O)(c1ccc(F)c(Br)c1)[C@H]1CN(Cc2ccccc2)C[C@@H]1c1ccc([C@]([SiH3])(OCc2c(F)cccc2F)C(F)(F)F)cc1. The van der Waals surface area contributed by atoms with Crippen LogP contribution in [0.15, 0.2) is 100 Å². The zero-order chi connectivity index (χ0) is 32.6. The van der Waals surface area contributed by atoms with Gasteiger partial charge in [0.05, 0.1) is 31.5 Å². The lowest BCUT2D eigenvalue weighted by Gasteiger charge is -2.33. The van der Waals surface area contributed by atoms with E-state index in [1.165, 1.54) is 36.4 Å². The van der Waals surface area contributed by atoms with Gasteiger partial charge >= 0.3 is 6.18 Å². The average molecular weight is 729 g/mol. The molecule has 0 radical (unpaired) electrons. The van der Waals surface area contributed by atoms with Crippen molar-refractivity contribution in [3.05, 3.63) is 135 Å². The van der Waals surface area contributed by atoms with Gasteiger partial charge in [-0.05, 0) is 63.0 Å².